The summed E-state index contributed by atoms with van der Waals surface area (Å²) in [5.74, 6) is -1.10. The second kappa shape index (κ2) is 9.47. The van der Waals surface area contributed by atoms with E-state index in [0.29, 0.717) is 10.8 Å². The van der Waals surface area contributed by atoms with Crippen molar-refractivity contribution >= 4 is 28.7 Å². The lowest BCUT2D eigenvalue weighted by molar-refractivity contribution is -0.123. The molecule has 0 heterocycles. The van der Waals surface area contributed by atoms with Gasteiger partial charge in [0, 0.05) is 12.3 Å². The van der Waals surface area contributed by atoms with Gasteiger partial charge in [-0.15, -0.1) is 0 Å². The number of benzene rings is 1. The average Bonchev–Trinajstić information content (AvgIpc) is 2.61. The van der Waals surface area contributed by atoms with Crippen LogP contribution in [0.4, 0.5) is 4.79 Å². The van der Waals surface area contributed by atoms with Crippen LogP contribution in [0.15, 0.2) is 29.2 Å². The smallest absolute Gasteiger partial charge is 0.339 e. The van der Waals surface area contributed by atoms with E-state index in [1.165, 1.54) is 12.3 Å². The minimum Gasteiger partial charge on any atom is -0.452 e. The molecule has 7 nitrogen and oxygen atoms in total. The van der Waals surface area contributed by atoms with Gasteiger partial charge in [0.05, 0.1) is 21.3 Å². The van der Waals surface area contributed by atoms with Gasteiger partial charge in [-0.2, -0.15) is 0 Å². The molecule has 1 saturated carbocycles. The molecule has 1 aliphatic rings. The molecule has 2 N–H and O–H groups in total. The molecule has 0 radical (unpaired) electrons. The fraction of sp³-hybridized carbons (Fsp3) is 0.500. The predicted octanol–water partition coefficient (Wildman–Crippen LogP) is 1.99. The molecular weight excluding hydrogens is 356 g/mol. The third kappa shape index (κ3) is 5.66. The maximum atomic E-state index is 12.1. The maximum absolute atomic E-state index is 12.1. The Hall–Kier alpha value is -2.22. The number of hydrogen-bond acceptors (Lipinski definition) is 5. The van der Waals surface area contributed by atoms with Gasteiger partial charge < -0.3 is 10.1 Å². The largest absolute Gasteiger partial charge is 0.452 e. The number of carbonyl (C=O) groups excluding carboxylic acids is 3. The SMILES string of the molecule is C[C@H]1CCCC[C@@H]1NC(=O)NC(=O)COC(=O)c1ccccc1[S@@](C)=O. The molecule has 1 aliphatic carbocycles. The average molecular weight is 380 g/mol. The number of esters is 1. The van der Waals surface area contributed by atoms with E-state index in [1.807, 2.05) is 0 Å². The number of nitrogens with one attached hydrogen (secondary N) is 2. The van der Waals surface area contributed by atoms with Gasteiger partial charge in [0.25, 0.3) is 5.91 Å². The van der Waals surface area contributed by atoms with Gasteiger partial charge in [0.2, 0.25) is 0 Å². The third-order valence-corrected chi connectivity index (χ3v) is 5.41. The van der Waals surface area contributed by atoms with E-state index in [-0.39, 0.29) is 11.6 Å². The first-order valence-corrected chi connectivity index (χ1v) is 10.1. The van der Waals surface area contributed by atoms with Crippen LogP contribution in [-0.2, 0) is 20.3 Å². The summed E-state index contributed by atoms with van der Waals surface area (Å²) in [6.07, 6.45) is 5.60. The number of ether oxygens (including phenoxy) is 1. The summed E-state index contributed by atoms with van der Waals surface area (Å²) >= 11 is 0. The van der Waals surface area contributed by atoms with Crippen molar-refractivity contribution in [3.05, 3.63) is 29.8 Å². The van der Waals surface area contributed by atoms with Gasteiger partial charge in [0.1, 0.15) is 0 Å². The van der Waals surface area contributed by atoms with Gasteiger partial charge in [-0.25, -0.2) is 9.59 Å². The van der Waals surface area contributed by atoms with Gasteiger partial charge in [-0.05, 0) is 30.9 Å². The molecule has 3 amide bonds. The molecule has 0 aromatic heterocycles. The maximum Gasteiger partial charge on any atom is 0.339 e. The minimum atomic E-state index is -1.36. The van der Waals surface area contributed by atoms with Crippen molar-refractivity contribution in [1.82, 2.24) is 10.6 Å². The van der Waals surface area contributed by atoms with Crippen LogP contribution in [0.25, 0.3) is 0 Å². The number of carbonyl (C=O) groups is 3. The van der Waals surface area contributed by atoms with Crippen molar-refractivity contribution in [2.45, 2.75) is 43.5 Å². The van der Waals surface area contributed by atoms with Gasteiger partial charge in [0.15, 0.2) is 6.61 Å². The van der Waals surface area contributed by atoms with Crippen molar-refractivity contribution in [2.75, 3.05) is 12.9 Å². The Labute approximate surface area is 155 Å². The number of imide groups is 1. The van der Waals surface area contributed by atoms with Crippen LogP contribution in [0.3, 0.4) is 0 Å². The first-order chi connectivity index (χ1) is 12.4. The number of hydrogen-bond donors (Lipinski definition) is 2. The second-order valence-electron chi connectivity index (χ2n) is 6.42. The van der Waals surface area contributed by atoms with E-state index >= 15 is 0 Å². The zero-order valence-electron chi connectivity index (χ0n) is 14.9. The van der Waals surface area contributed by atoms with Crippen LogP contribution >= 0.6 is 0 Å². The van der Waals surface area contributed by atoms with E-state index in [1.54, 1.807) is 18.2 Å². The van der Waals surface area contributed by atoms with Crippen LogP contribution < -0.4 is 10.6 Å². The van der Waals surface area contributed by atoms with E-state index < -0.39 is 35.3 Å². The molecule has 3 atom stereocenters. The summed E-state index contributed by atoms with van der Waals surface area (Å²) in [5, 5.41) is 4.96. The Bertz CT molecular complexity index is 707. The van der Waals surface area contributed by atoms with E-state index in [4.69, 9.17) is 4.74 Å². The van der Waals surface area contributed by atoms with Crippen LogP contribution in [0.5, 0.6) is 0 Å². The van der Waals surface area contributed by atoms with Gasteiger partial charge in [-0.3, -0.25) is 14.3 Å². The zero-order valence-corrected chi connectivity index (χ0v) is 15.8. The van der Waals surface area contributed by atoms with Crippen LogP contribution in [0.2, 0.25) is 0 Å². The molecule has 0 spiro atoms. The molecule has 142 valence electrons. The Morgan fingerprint density at radius 2 is 1.88 bits per heavy atom. The van der Waals surface area contributed by atoms with Crippen molar-refractivity contribution in [2.24, 2.45) is 5.92 Å². The Morgan fingerprint density at radius 1 is 1.19 bits per heavy atom. The highest BCUT2D eigenvalue weighted by molar-refractivity contribution is 7.84. The van der Waals surface area contributed by atoms with E-state index in [0.717, 1.165) is 25.7 Å². The molecule has 0 bridgehead atoms. The molecule has 0 saturated heterocycles. The van der Waals surface area contributed by atoms with Crippen LogP contribution in [0.1, 0.15) is 43.0 Å². The van der Waals surface area contributed by atoms with Crippen LogP contribution in [-0.4, -0.2) is 41.0 Å². The van der Waals surface area contributed by atoms with Gasteiger partial charge in [-0.1, -0.05) is 31.9 Å². The summed E-state index contributed by atoms with van der Waals surface area (Å²) in [7, 11) is -1.36. The van der Waals surface area contributed by atoms with Gasteiger partial charge >= 0.3 is 12.0 Å². The van der Waals surface area contributed by atoms with Crippen molar-refractivity contribution in [1.29, 1.82) is 0 Å². The predicted molar refractivity (Wildman–Crippen MR) is 97.2 cm³/mol. The van der Waals surface area contributed by atoms with Crippen LogP contribution in [0, 0.1) is 5.92 Å². The van der Waals surface area contributed by atoms with Crippen molar-refractivity contribution < 1.29 is 23.3 Å². The highest BCUT2D eigenvalue weighted by Crippen LogP contribution is 2.23. The quantitative estimate of drug-likeness (QED) is 0.761. The fourth-order valence-electron chi connectivity index (χ4n) is 2.99. The van der Waals surface area contributed by atoms with Crippen molar-refractivity contribution in [3.8, 4) is 0 Å². The highest BCUT2D eigenvalue weighted by Gasteiger charge is 2.23. The molecule has 0 aliphatic heterocycles. The summed E-state index contributed by atoms with van der Waals surface area (Å²) in [6, 6.07) is 5.79. The molecular formula is C18H24N2O5S. The molecule has 1 aromatic carbocycles. The normalized spacial score (nSPS) is 20.7. The summed E-state index contributed by atoms with van der Waals surface area (Å²) in [6.45, 7) is 1.49. The van der Waals surface area contributed by atoms with E-state index in [2.05, 4.69) is 17.6 Å². The molecule has 26 heavy (non-hydrogen) atoms. The number of rotatable bonds is 5. The molecule has 1 aromatic rings. The fourth-order valence-corrected chi connectivity index (χ4v) is 3.72. The topological polar surface area (TPSA) is 102 Å². The summed E-state index contributed by atoms with van der Waals surface area (Å²) in [5.41, 5.74) is 0.140. The number of urea groups is 1. The molecule has 2 rings (SSSR count). The third-order valence-electron chi connectivity index (χ3n) is 4.43. The zero-order chi connectivity index (χ0) is 19.1. The first-order valence-electron chi connectivity index (χ1n) is 8.58. The lowest BCUT2D eigenvalue weighted by Crippen LogP contribution is -2.48. The van der Waals surface area contributed by atoms with Crippen molar-refractivity contribution in [3.63, 3.8) is 0 Å². The summed E-state index contributed by atoms with van der Waals surface area (Å²) in [4.78, 5) is 36.1. The van der Waals surface area contributed by atoms with E-state index in [9.17, 15) is 18.6 Å². The molecule has 8 heteroatoms. The highest BCUT2D eigenvalue weighted by atomic mass is 32.2. The number of amides is 3. The molecule has 0 unspecified atom stereocenters. The lowest BCUT2D eigenvalue weighted by Gasteiger charge is -2.29. The summed E-state index contributed by atoms with van der Waals surface area (Å²) < 4.78 is 16.6. The molecule has 1 fully saturated rings. The Morgan fingerprint density at radius 3 is 2.58 bits per heavy atom. The Kier molecular flexibility index (Phi) is 7.32. The minimum absolute atomic E-state index is 0.0468. The first kappa shape index (κ1) is 20.1. The Balaban J connectivity index is 1.82. The monoisotopic (exact) mass is 380 g/mol. The lowest BCUT2D eigenvalue weighted by atomic mass is 9.86. The standard InChI is InChI=1S/C18H24N2O5S/c1-12-7-3-5-9-14(12)19-18(23)20-16(21)11-25-17(22)13-8-4-6-10-15(13)26(2)24/h4,6,8,10,12,14H,3,5,7,9,11H2,1-2H3,(H2,19,20,21,23)/t12-,14-,26+/m0/s1. The second-order valence-corrected chi connectivity index (χ2v) is 7.76.